The van der Waals surface area contributed by atoms with E-state index < -0.39 is 24.8 Å². The Morgan fingerprint density at radius 1 is 1.42 bits per heavy atom. The molecule has 136 valence electrons. The molecule has 1 atom stereocenters. The molecule has 0 fully saturated rings. The molecule has 0 bridgehead atoms. The number of nitriles is 1. The van der Waals surface area contributed by atoms with Crippen LogP contribution in [0.4, 0.5) is 23.7 Å². The zero-order chi connectivity index (χ0) is 18.7. The number of hydrogen-bond acceptors (Lipinski definition) is 3. The molecule has 0 spiro atoms. The smallest absolute Gasteiger partial charge is 0.329 e. The molecule has 1 heterocycles. The summed E-state index contributed by atoms with van der Waals surface area (Å²) < 4.78 is 38.5. The van der Waals surface area contributed by atoms with E-state index in [1.54, 1.807) is 18.2 Å². The molecule has 0 aliphatic heterocycles. The van der Waals surface area contributed by atoms with Crippen molar-refractivity contribution < 1.29 is 18.0 Å². The Balaban J connectivity index is 1.69. The molecule has 9 heteroatoms. The van der Waals surface area contributed by atoms with E-state index in [1.807, 2.05) is 6.07 Å². The van der Waals surface area contributed by atoms with Gasteiger partial charge in [-0.05, 0) is 43.0 Å². The van der Waals surface area contributed by atoms with Crippen molar-refractivity contribution in [2.24, 2.45) is 0 Å². The lowest BCUT2D eigenvalue weighted by molar-refractivity contribution is -0.142. The van der Waals surface area contributed by atoms with Gasteiger partial charge in [-0.1, -0.05) is 6.07 Å². The molecule has 26 heavy (non-hydrogen) atoms. The lowest BCUT2D eigenvalue weighted by atomic mass is 9.94. The van der Waals surface area contributed by atoms with Crippen LogP contribution in [0.3, 0.4) is 0 Å². The van der Waals surface area contributed by atoms with Crippen LogP contribution < -0.4 is 10.6 Å². The number of carbonyl (C=O) groups is 1. The van der Waals surface area contributed by atoms with Crippen molar-refractivity contribution in [3.05, 3.63) is 47.3 Å². The van der Waals surface area contributed by atoms with E-state index in [0.717, 1.165) is 16.7 Å². The first-order chi connectivity index (χ1) is 12.3. The van der Waals surface area contributed by atoms with Crippen LogP contribution in [-0.4, -0.2) is 22.0 Å². The number of aromatic nitrogens is 2. The topological polar surface area (TPSA) is 82.7 Å². The molecule has 1 aliphatic rings. The van der Waals surface area contributed by atoms with Crippen LogP contribution in [0.25, 0.3) is 0 Å². The highest BCUT2D eigenvalue weighted by Crippen LogP contribution is 2.29. The van der Waals surface area contributed by atoms with E-state index in [4.69, 9.17) is 5.26 Å². The van der Waals surface area contributed by atoms with Gasteiger partial charge in [-0.25, -0.2) is 4.79 Å². The number of aryl methyl sites for hydroxylation is 1. The number of anilines is 1. The first kappa shape index (κ1) is 17.8. The van der Waals surface area contributed by atoms with Gasteiger partial charge in [0.15, 0.2) is 0 Å². The normalized spacial score (nSPS) is 16.5. The number of nitrogens with one attached hydrogen (secondary N) is 2. The van der Waals surface area contributed by atoms with Gasteiger partial charge in [-0.2, -0.15) is 23.5 Å². The fraction of sp³-hybridized carbons (Fsp3) is 0.353. The number of carbonyl (C=O) groups excluding carboxylic acids is 1. The van der Waals surface area contributed by atoms with Crippen LogP contribution in [0.2, 0.25) is 0 Å². The highest BCUT2D eigenvalue weighted by Gasteiger charge is 2.31. The van der Waals surface area contributed by atoms with Crippen molar-refractivity contribution in [3.8, 4) is 6.07 Å². The molecule has 6 nitrogen and oxygen atoms in total. The van der Waals surface area contributed by atoms with Crippen LogP contribution in [0.5, 0.6) is 0 Å². The van der Waals surface area contributed by atoms with E-state index in [9.17, 15) is 18.0 Å². The summed E-state index contributed by atoms with van der Waals surface area (Å²) >= 11 is 0. The predicted octanol–water partition coefficient (Wildman–Crippen LogP) is 3.52. The molecule has 1 aromatic heterocycles. The van der Waals surface area contributed by atoms with Gasteiger partial charge in [0.2, 0.25) is 0 Å². The summed E-state index contributed by atoms with van der Waals surface area (Å²) in [6, 6.07) is 7.47. The third-order valence-corrected chi connectivity index (χ3v) is 4.04. The van der Waals surface area contributed by atoms with Crippen molar-refractivity contribution in [2.75, 3.05) is 5.32 Å². The minimum Gasteiger partial charge on any atom is -0.329 e. The molecule has 1 aromatic carbocycles. The lowest BCUT2D eigenvalue weighted by Gasteiger charge is -2.22. The summed E-state index contributed by atoms with van der Waals surface area (Å²) in [7, 11) is 0. The summed E-state index contributed by atoms with van der Waals surface area (Å²) in [6.07, 6.45) is -0.968. The lowest BCUT2D eigenvalue weighted by Crippen LogP contribution is -2.34. The number of fused-ring (bicyclic) bond motifs is 1. The largest absolute Gasteiger partial charge is 0.408 e. The number of alkyl halides is 3. The van der Waals surface area contributed by atoms with E-state index in [2.05, 4.69) is 15.7 Å². The van der Waals surface area contributed by atoms with Gasteiger partial charge in [0, 0.05) is 11.9 Å². The molecule has 3 rings (SSSR count). The molecular formula is C17H16F3N5O. The summed E-state index contributed by atoms with van der Waals surface area (Å²) in [4.78, 5) is 12.2. The maximum Gasteiger partial charge on any atom is 0.408 e. The van der Waals surface area contributed by atoms with Crippen LogP contribution in [0, 0.1) is 11.3 Å². The fourth-order valence-electron chi connectivity index (χ4n) is 2.99. The highest BCUT2D eigenvalue weighted by molar-refractivity contribution is 5.89. The maximum atomic E-state index is 12.6. The Bertz CT molecular complexity index is 853. The van der Waals surface area contributed by atoms with Crippen molar-refractivity contribution >= 4 is 11.7 Å². The minimum absolute atomic E-state index is 0.411. The standard InChI is InChI=1S/C17H16F3N5O/c18-17(19,20)10-25-9-12-4-2-6-14(15(12)24-25)23-16(26)22-13-5-1-3-11(7-13)8-21/h1,3,5,7,9,14H,2,4,6,10H2,(H2,22,23,26)/t14-/m0/s1. The van der Waals surface area contributed by atoms with E-state index in [1.165, 1.54) is 12.3 Å². The van der Waals surface area contributed by atoms with Crippen LogP contribution in [-0.2, 0) is 13.0 Å². The summed E-state index contributed by atoms with van der Waals surface area (Å²) in [5.41, 5.74) is 2.06. The minimum atomic E-state index is -4.35. The monoisotopic (exact) mass is 363 g/mol. The van der Waals surface area contributed by atoms with Gasteiger partial charge in [0.25, 0.3) is 0 Å². The molecule has 1 aliphatic carbocycles. The van der Waals surface area contributed by atoms with Crippen molar-refractivity contribution in [3.63, 3.8) is 0 Å². The number of nitrogens with zero attached hydrogens (tertiary/aromatic N) is 3. The van der Waals surface area contributed by atoms with Gasteiger partial charge in [-0.15, -0.1) is 0 Å². The molecule has 0 unspecified atom stereocenters. The van der Waals surface area contributed by atoms with E-state index >= 15 is 0 Å². The quantitative estimate of drug-likeness (QED) is 0.875. The Morgan fingerprint density at radius 3 is 2.96 bits per heavy atom. The Kier molecular flexibility index (Phi) is 4.84. The van der Waals surface area contributed by atoms with Gasteiger partial charge >= 0.3 is 12.2 Å². The third kappa shape index (κ3) is 4.33. The second-order valence-corrected chi connectivity index (χ2v) is 6.09. The average Bonchev–Trinajstić information content (AvgIpc) is 2.96. The number of rotatable bonds is 3. The second-order valence-electron chi connectivity index (χ2n) is 6.09. The first-order valence-corrected chi connectivity index (χ1v) is 8.05. The van der Waals surface area contributed by atoms with Crippen LogP contribution >= 0.6 is 0 Å². The van der Waals surface area contributed by atoms with Gasteiger partial charge in [0.1, 0.15) is 6.54 Å². The molecule has 2 aromatic rings. The first-order valence-electron chi connectivity index (χ1n) is 8.05. The maximum absolute atomic E-state index is 12.6. The fourth-order valence-corrected chi connectivity index (χ4v) is 2.99. The van der Waals surface area contributed by atoms with E-state index in [0.29, 0.717) is 29.8 Å². The van der Waals surface area contributed by atoms with E-state index in [-0.39, 0.29) is 0 Å². The molecule has 0 saturated heterocycles. The average molecular weight is 363 g/mol. The SMILES string of the molecule is N#Cc1cccc(NC(=O)N[C@H]2CCCc3cn(CC(F)(F)F)nc32)c1. The Hall–Kier alpha value is -3.02. The second kappa shape index (κ2) is 7.07. The Labute approximate surface area is 147 Å². The van der Waals surface area contributed by atoms with Gasteiger partial charge < -0.3 is 10.6 Å². The highest BCUT2D eigenvalue weighted by atomic mass is 19.4. The summed E-state index contributed by atoms with van der Waals surface area (Å²) in [5.74, 6) is 0. The Morgan fingerprint density at radius 2 is 2.23 bits per heavy atom. The number of hydrogen-bond donors (Lipinski definition) is 2. The van der Waals surface area contributed by atoms with Gasteiger partial charge in [-0.3, -0.25) is 4.68 Å². The number of urea groups is 1. The van der Waals surface area contributed by atoms with Crippen LogP contribution in [0.1, 0.15) is 35.7 Å². The molecule has 0 radical (unpaired) electrons. The van der Waals surface area contributed by atoms with Crippen molar-refractivity contribution in [2.45, 2.75) is 38.0 Å². The number of halogens is 3. The predicted molar refractivity (Wildman–Crippen MR) is 87.3 cm³/mol. The van der Waals surface area contributed by atoms with Gasteiger partial charge in [0.05, 0.1) is 23.4 Å². The molecule has 2 amide bonds. The van der Waals surface area contributed by atoms with Crippen molar-refractivity contribution in [1.29, 1.82) is 5.26 Å². The summed E-state index contributed by atoms with van der Waals surface area (Å²) in [5, 5.41) is 18.3. The number of amides is 2. The molecule has 0 saturated carbocycles. The molecular weight excluding hydrogens is 347 g/mol. The summed E-state index contributed by atoms with van der Waals surface area (Å²) in [6.45, 7) is -1.15. The number of benzene rings is 1. The van der Waals surface area contributed by atoms with Crippen molar-refractivity contribution in [1.82, 2.24) is 15.1 Å². The zero-order valence-electron chi connectivity index (χ0n) is 13.7. The zero-order valence-corrected chi connectivity index (χ0v) is 13.7. The molecule has 2 N–H and O–H groups in total. The van der Waals surface area contributed by atoms with Crippen LogP contribution in [0.15, 0.2) is 30.5 Å². The third-order valence-electron chi connectivity index (χ3n) is 4.04.